The highest BCUT2D eigenvalue weighted by molar-refractivity contribution is 9.10. The molecule has 0 bridgehead atoms. The summed E-state index contributed by atoms with van der Waals surface area (Å²) < 4.78 is 25.2. The normalized spacial score (nSPS) is 11.3. The molecule has 0 spiro atoms. The fourth-order valence-electron chi connectivity index (χ4n) is 1.89. The average molecular weight is 369 g/mol. The molecule has 6 heteroatoms. The lowest BCUT2D eigenvalue weighted by Crippen LogP contribution is -2.06. The van der Waals surface area contributed by atoms with E-state index >= 15 is 0 Å². The summed E-state index contributed by atoms with van der Waals surface area (Å²) in [4.78, 5) is 11.1. The lowest BCUT2D eigenvalue weighted by atomic mass is 10.1. The highest BCUT2D eigenvalue weighted by atomic mass is 79.9. The molecular weight excluding hydrogens is 356 g/mol. The number of hydrogen-bond acceptors (Lipinski definition) is 3. The third-order valence-electron chi connectivity index (χ3n) is 2.99. The number of rotatable bonds is 4. The van der Waals surface area contributed by atoms with E-state index in [9.17, 15) is 13.2 Å². The van der Waals surface area contributed by atoms with E-state index in [0.717, 1.165) is 5.56 Å². The Hall–Kier alpha value is -1.66. The molecule has 1 N–H and O–H groups in total. The Kier molecular flexibility index (Phi) is 4.49. The van der Waals surface area contributed by atoms with Crippen LogP contribution in [-0.4, -0.2) is 19.5 Å². The monoisotopic (exact) mass is 368 g/mol. The smallest absolute Gasteiger partial charge is 0.335 e. The number of halogens is 1. The second kappa shape index (κ2) is 5.99. The Bertz CT molecular complexity index is 797. The summed E-state index contributed by atoms with van der Waals surface area (Å²) in [5, 5.41) is 8.90. The van der Waals surface area contributed by atoms with Gasteiger partial charge >= 0.3 is 5.97 Å². The Labute approximate surface area is 131 Å². The van der Waals surface area contributed by atoms with Gasteiger partial charge in [0.05, 0.1) is 16.2 Å². The van der Waals surface area contributed by atoms with Crippen LogP contribution in [0.4, 0.5) is 0 Å². The van der Waals surface area contributed by atoms with Crippen LogP contribution >= 0.6 is 15.9 Å². The van der Waals surface area contributed by atoms with Gasteiger partial charge in [-0.3, -0.25) is 0 Å². The molecule has 0 fully saturated rings. The first-order valence-corrected chi connectivity index (χ1v) is 8.55. The lowest BCUT2D eigenvalue weighted by Gasteiger charge is -2.08. The largest absolute Gasteiger partial charge is 0.478 e. The molecule has 0 aliphatic heterocycles. The molecule has 21 heavy (non-hydrogen) atoms. The Balaban J connectivity index is 2.35. The zero-order chi connectivity index (χ0) is 15.6. The Morgan fingerprint density at radius 2 is 1.90 bits per heavy atom. The number of carboxylic acid groups (broad SMARTS) is 1. The molecule has 0 unspecified atom stereocenters. The maximum atomic E-state index is 12.4. The maximum absolute atomic E-state index is 12.4. The molecule has 0 aliphatic rings. The standard InChI is InChI=1S/C15H13BrO4S/c1-10-3-2-4-13(7-10)21(19,20)9-12-6-5-11(15(17)18)8-14(12)16/h2-8H,9H2,1H3,(H,17,18). The van der Waals surface area contributed by atoms with Gasteiger partial charge in [-0.05, 0) is 42.3 Å². The van der Waals surface area contributed by atoms with Crippen LogP contribution in [0.3, 0.4) is 0 Å². The molecule has 2 aromatic carbocycles. The van der Waals surface area contributed by atoms with E-state index < -0.39 is 15.8 Å². The molecule has 0 radical (unpaired) electrons. The molecule has 0 aliphatic carbocycles. The van der Waals surface area contributed by atoms with Crippen molar-refractivity contribution in [3.05, 3.63) is 63.6 Å². The van der Waals surface area contributed by atoms with E-state index in [-0.39, 0.29) is 16.2 Å². The molecular formula is C15H13BrO4S. The fraction of sp³-hybridized carbons (Fsp3) is 0.133. The first-order chi connectivity index (χ1) is 9.79. The fourth-order valence-corrected chi connectivity index (χ4v) is 4.08. The van der Waals surface area contributed by atoms with E-state index in [0.29, 0.717) is 10.0 Å². The van der Waals surface area contributed by atoms with Crippen molar-refractivity contribution in [2.45, 2.75) is 17.6 Å². The van der Waals surface area contributed by atoms with Crippen LogP contribution in [0.15, 0.2) is 51.8 Å². The predicted molar refractivity (Wildman–Crippen MR) is 83.2 cm³/mol. The number of carboxylic acids is 1. The van der Waals surface area contributed by atoms with Gasteiger partial charge in [0.25, 0.3) is 0 Å². The average Bonchev–Trinajstić information content (AvgIpc) is 2.40. The highest BCUT2D eigenvalue weighted by Gasteiger charge is 2.18. The van der Waals surface area contributed by atoms with Crippen LogP contribution in [-0.2, 0) is 15.6 Å². The van der Waals surface area contributed by atoms with Crippen molar-refractivity contribution in [2.75, 3.05) is 0 Å². The van der Waals surface area contributed by atoms with Crippen molar-refractivity contribution < 1.29 is 18.3 Å². The minimum atomic E-state index is -3.47. The van der Waals surface area contributed by atoms with E-state index in [1.165, 1.54) is 18.2 Å². The second-order valence-corrected chi connectivity index (χ2v) is 7.53. The summed E-state index contributed by atoms with van der Waals surface area (Å²) in [5.41, 5.74) is 1.51. The zero-order valence-electron chi connectivity index (χ0n) is 11.2. The third-order valence-corrected chi connectivity index (χ3v) is 5.40. The number of hydrogen-bond donors (Lipinski definition) is 1. The van der Waals surface area contributed by atoms with E-state index in [2.05, 4.69) is 15.9 Å². The number of sulfone groups is 1. The van der Waals surface area contributed by atoms with Gasteiger partial charge in [0.15, 0.2) is 9.84 Å². The molecule has 0 atom stereocenters. The van der Waals surface area contributed by atoms with Crippen molar-refractivity contribution >= 4 is 31.7 Å². The molecule has 0 heterocycles. The van der Waals surface area contributed by atoms with Crippen LogP contribution in [0.1, 0.15) is 21.5 Å². The van der Waals surface area contributed by atoms with Gasteiger partial charge in [-0.15, -0.1) is 0 Å². The minimum absolute atomic E-state index is 0.110. The molecule has 2 rings (SSSR count). The van der Waals surface area contributed by atoms with E-state index in [4.69, 9.17) is 5.11 Å². The predicted octanol–water partition coefficient (Wildman–Crippen LogP) is 3.43. The molecule has 4 nitrogen and oxygen atoms in total. The molecule has 0 aromatic heterocycles. The van der Waals surface area contributed by atoms with Gasteiger partial charge in [0, 0.05) is 4.47 Å². The van der Waals surface area contributed by atoms with Crippen LogP contribution < -0.4 is 0 Å². The van der Waals surface area contributed by atoms with Gasteiger partial charge < -0.3 is 5.11 Å². The summed E-state index contributed by atoms with van der Waals surface area (Å²) in [5.74, 6) is -1.24. The quantitative estimate of drug-likeness (QED) is 0.896. The van der Waals surface area contributed by atoms with Gasteiger partial charge in [-0.1, -0.05) is 34.1 Å². The topological polar surface area (TPSA) is 71.4 Å². The van der Waals surface area contributed by atoms with Gasteiger partial charge in [-0.2, -0.15) is 0 Å². The van der Waals surface area contributed by atoms with Crippen LogP contribution in [0.5, 0.6) is 0 Å². The van der Waals surface area contributed by atoms with Gasteiger partial charge in [-0.25, -0.2) is 13.2 Å². The number of carbonyl (C=O) groups is 1. The SMILES string of the molecule is Cc1cccc(S(=O)(=O)Cc2ccc(C(=O)O)cc2Br)c1. The van der Waals surface area contributed by atoms with Crippen LogP contribution in [0, 0.1) is 6.92 Å². The van der Waals surface area contributed by atoms with E-state index in [1.54, 1.807) is 18.2 Å². The summed E-state index contributed by atoms with van der Waals surface area (Å²) in [6.07, 6.45) is 0. The Morgan fingerprint density at radius 1 is 1.19 bits per heavy atom. The highest BCUT2D eigenvalue weighted by Crippen LogP contribution is 2.24. The minimum Gasteiger partial charge on any atom is -0.478 e. The summed E-state index contributed by atoms with van der Waals surface area (Å²) in [7, 11) is -3.47. The van der Waals surface area contributed by atoms with Crippen molar-refractivity contribution in [3.63, 3.8) is 0 Å². The molecule has 2 aromatic rings. The molecule has 0 amide bonds. The van der Waals surface area contributed by atoms with Crippen molar-refractivity contribution in [3.8, 4) is 0 Å². The molecule has 110 valence electrons. The van der Waals surface area contributed by atoms with E-state index in [1.807, 2.05) is 13.0 Å². The van der Waals surface area contributed by atoms with Crippen LogP contribution in [0.2, 0.25) is 0 Å². The number of aromatic carboxylic acids is 1. The molecule has 0 saturated carbocycles. The third kappa shape index (κ3) is 3.71. The Morgan fingerprint density at radius 3 is 2.48 bits per heavy atom. The van der Waals surface area contributed by atoms with Crippen molar-refractivity contribution in [1.82, 2.24) is 0 Å². The van der Waals surface area contributed by atoms with Gasteiger partial charge in [0.1, 0.15) is 0 Å². The number of benzene rings is 2. The summed E-state index contributed by atoms with van der Waals surface area (Å²) >= 11 is 3.23. The summed E-state index contributed by atoms with van der Waals surface area (Å²) in [6.45, 7) is 1.83. The first kappa shape index (κ1) is 15.7. The lowest BCUT2D eigenvalue weighted by molar-refractivity contribution is 0.0697. The van der Waals surface area contributed by atoms with Crippen LogP contribution in [0.25, 0.3) is 0 Å². The molecule has 0 saturated heterocycles. The van der Waals surface area contributed by atoms with Crippen molar-refractivity contribution in [1.29, 1.82) is 0 Å². The maximum Gasteiger partial charge on any atom is 0.335 e. The zero-order valence-corrected chi connectivity index (χ0v) is 13.6. The second-order valence-electron chi connectivity index (χ2n) is 4.69. The van der Waals surface area contributed by atoms with Gasteiger partial charge in [0.2, 0.25) is 0 Å². The number of aryl methyl sites for hydroxylation is 1. The van der Waals surface area contributed by atoms with Crippen molar-refractivity contribution in [2.24, 2.45) is 0 Å². The summed E-state index contributed by atoms with van der Waals surface area (Å²) in [6, 6.07) is 11.0. The first-order valence-electron chi connectivity index (χ1n) is 6.11.